The molecule has 3 N–H and O–H groups in total. The van der Waals surface area contributed by atoms with E-state index in [0.29, 0.717) is 31.6 Å². The van der Waals surface area contributed by atoms with Crippen LogP contribution >= 0.6 is 15.6 Å². The Morgan fingerprint density at radius 2 is 0.510 bits per heavy atom. The molecule has 0 aliphatic rings. The third kappa shape index (κ3) is 71.7. The van der Waals surface area contributed by atoms with Crippen LogP contribution in [0.4, 0.5) is 0 Å². The van der Waals surface area contributed by atoms with Gasteiger partial charge in [0.2, 0.25) is 0 Å². The van der Waals surface area contributed by atoms with Gasteiger partial charge >= 0.3 is 39.5 Å². The van der Waals surface area contributed by atoms with Crippen molar-refractivity contribution in [3.05, 3.63) is 0 Å². The molecule has 0 spiro atoms. The van der Waals surface area contributed by atoms with Gasteiger partial charge in [-0.3, -0.25) is 37.3 Å². The highest BCUT2D eigenvalue weighted by atomic mass is 31.2. The number of hydrogen-bond acceptors (Lipinski definition) is 15. The van der Waals surface area contributed by atoms with Gasteiger partial charge in [-0.2, -0.15) is 0 Å². The predicted molar refractivity (Wildman–Crippen MR) is 409 cm³/mol. The van der Waals surface area contributed by atoms with E-state index >= 15 is 0 Å². The summed E-state index contributed by atoms with van der Waals surface area (Å²) in [6.45, 7) is 11.9. The van der Waals surface area contributed by atoms with Crippen LogP contribution in [0, 0.1) is 17.8 Å². The number of phosphoric acid groups is 2. The Kier molecular flexibility index (Phi) is 69.9. The average Bonchev–Trinajstić information content (AvgIpc) is 0.918. The molecule has 0 radical (unpaired) electrons. The summed E-state index contributed by atoms with van der Waals surface area (Å²) in [7, 11) is -9.92. The Bertz CT molecular complexity index is 1940. The second-order valence-electron chi connectivity index (χ2n) is 30.1. The van der Waals surface area contributed by atoms with Crippen molar-refractivity contribution >= 4 is 39.5 Å². The highest BCUT2D eigenvalue weighted by molar-refractivity contribution is 7.47. The zero-order valence-electron chi connectivity index (χ0n) is 65.7. The van der Waals surface area contributed by atoms with Crippen LogP contribution in [0.3, 0.4) is 0 Å². The van der Waals surface area contributed by atoms with Crippen LogP contribution in [0.2, 0.25) is 0 Å². The molecule has 0 fully saturated rings. The van der Waals surface area contributed by atoms with Crippen molar-refractivity contribution in [2.75, 3.05) is 39.6 Å². The topological polar surface area (TPSA) is 237 Å². The van der Waals surface area contributed by atoms with E-state index < -0.39 is 97.5 Å². The number of unbranched alkanes of at least 4 members (excludes halogenated alkanes) is 45. The Balaban J connectivity index is 5.18. The second kappa shape index (κ2) is 71.3. The smallest absolute Gasteiger partial charge is 0.462 e. The van der Waals surface area contributed by atoms with Crippen LogP contribution < -0.4 is 0 Å². The lowest BCUT2D eigenvalue weighted by molar-refractivity contribution is -0.161. The second-order valence-corrected chi connectivity index (χ2v) is 33.0. The molecule has 4 unspecified atom stereocenters. The Morgan fingerprint density at radius 1 is 0.290 bits per heavy atom. The summed E-state index contributed by atoms with van der Waals surface area (Å²) in [5, 5.41) is 10.6. The van der Waals surface area contributed by atoms with E-state index in [1.807, 2.05) is 0 Å². The lowest BCUT2D eigenvalue weighted by Crippen LogP contribution is -2.30. The van der Waals surface area contributed by atoms with Gasteiger partial charge in [0.05, 0.1) is 26.4 Å². The summed E-state index contributed by atoms with van der Waals surface area (Å²) in [5.41, 5.74) is 0. The quantitative estimate of drug-likeness (QED) is 0.0222. The van der Waals surface area contributed by atoms with Gasteiger partial charge in [0.1, 0.15) is 19.3 Å². The summed E-state index contributed by atoms with van der Waals surface area (Å²) in [6.07, 6.45) is 60.1. The highest BCUT2D eigenvalue weighted by Crippen LogP contribution is 2.45. The van der Waals surface area contributed by atoms with Gasteiger partial charge in [-0.1, -0.05) is 370 Å². The molecule has 0 bridgehead atoms. The van der Waals surface area contributed by atoms with Crippen molar-refractivity contribution in [2.24, 2.45) is 17.8 Å². The number of hydrogen-bond donors (Lipinski definition) is 3. The van der Waals surface area contributed by atoms with Gasteiger partial charge in [0.25, 0.3) is 0 Å². The molecule has 0 aromatic carbocycles. The summed E-state index contributed by atoms with van der Waals surface area (Å²) in [5.74, 6) is 0.152. The fraction of sp³-hybridized carbons (Fsp3) is 0.951. The van der Waals surface area contributed by atoms with E-state index in [1.165, 1.54) is 225 Å². The molecular formula is C81H158O17P2. The number of ether oxygens (including phenoxy) is 4. The molecule has 0 amide bonds. The molecule has 0 rings (SSSR count). The van der Waals surface area contributed by atoms with Crippen molar-refractivity contribution in [3.8, 4) is 0 Å². The number of rotatable bonds is 79. The molecule has 100 heavy (non-hydrogen) atoms. The third-order valence-electron chi connectivity index (χ3n) is 19.6. The molecule has 7 atom stereocenters. The van der Waals surface area contributed by atoms with Gasteiger partial charge in [-0.15, -0.1) is 0 Å². The summed E-state index contributed by atoms with van der Waals surface area (Å²) >= 11 is 0. The van der Waals surface area contributed by atoms with Crippen molar-refractivity contribution in [3.63, 3.8) is 0 Å². The predicted octanol–water partition coefficient (Wildman–Crippen LogP) is 24.1. The molecular weight excluding hydrogens is 1310 g/mol. The largest absolute Gasteiger partial charge is 0.472 e. The summed E-state index contributed by atoms with van der Waals surface area (Å²) < 4.78 is 68.6. The molecule has 0 saturated heterocycles. The molecule has 594 valence electrons. The van der Waals surface area contributed by atoms with Crippen LogP contribution in [-0.4, -0.2) is 96.7 Å². The van der Waals surface area contributed by atoms with Gasteiger partial charge in [0, 0.05) is 25.7 Å². The number of phosphoric ester groups is 2. The lowest BCUT2D eigenvalue weighted by atomic mass is 9.99. The van der Waals surface area contributed by atoms with Gasteiger partial charge < -0.3 is 33.8 Å². The zero-order chi connectivity index (χ0) is 73.7. The molecule has 17 nitrogen and oxygen atoms in total. The molecule has 0 aliphatic carbocycles. The SMILES string of the molecule is CCCCCCCCCCCCCCCCCCCCCC(=O)OC[C@H](COP(=O)(O)OC[C@@H](O)COP(=O)(O)OC[C@@H](COC(=O)CCCCCCCCC(C)C)OC(=O)CCCCCCCCC(C)CC)OC(=O)CCCCCCCCCCCCCCCCCCCCC(C)CC. The number of aliphatic hydroxyl groups excluding tert-OH is 1. The van der Waals surface area contributed by atoms with E-state index in [1.54, 1.807) is 0 Å². The molecule has 0 heterocycles. The van der Waals surface area contributed by atoms with Crippen molar-refractivity contribution in [1.82, 2.24) is 0 Å². The van der Waals surface area contributed by atoms with Gasteiger partial charge in [0.15, 0.2) is 12.2 Å². The molecule has 0 aromatic heterocycles. The van der Waals surface area contributed by atoms with Crippen LogP contribution in [0.15, 0.2) is 0 Å². The van der Waals surface area contributed by atoms with Gasteiger partial charge in [-0.25, -0.2) is 9.13 Å². The first-order valence-corrected chi connectivity index (χ1v) is 44.9. The van der Waals surface area contributed by atoms with Gasteiger partial charge in [-0.05, 0) is 43.4 Å². The van der Waals surface area contributed by atoms with Crippen LogP contribution in [-0.2, 0) is 65.4 Å². The normalized spacial score (nSPS) is 14.5. The minimum Gasteiger partial charge on any atom is -0.462 e. The van der Waals surface area contributed by atoms with Crippen LogP contribution in [0.25, 0.3) is 0 Å². The Labute approximate surface area is 613 Å². The zero-order valence-corrected chi connectivity index (χ0v) is 67.5. The molecule has 0 saturated carbocycles. The average molecular weight is 1470 g/mol. The molecule has 0 aromatic rings. The van der Waals surface area contributed by atoms with Crippen molar-refractivity contribution in [2.45, 2.75) is 439 Å². The lowest BCUT2D eigenvalue weighted by Gasteiger charge is -2.21. The van der Waals surface area contributed by atoms with E-state index in [-0.39, 0.29) is 25.7 Å². The van der Waals surface area contributed by atoms with E-state index in [2.05, 4.69) is 48.5 Å². The Hall–Kier alpha value is -1.94. The third-order valence-corrected chi connectivity index (χ3v) is 21.5. The van der Waals surface area contributed by atoms with Crippen LogP contribution in [0.5, 0.6) is 0 Å². The van der Waals surface area contributed by atoms with Crippen molar-refractivity contribution in [1.29, 1.82) is 0 Å². The minimum atomic E-state index is -4.96. The standard InChI is InChI=1S/C81H158O17P2/c1-8-11-12-13-14-15-16-17-18-19-20-24-27-30-33-36-39-48-55-62-78(83)91-68-76(97-80(85)64-57-50-40-37-34-31-28-25-22-21-23-26-29-32-35-38-46-53-60-73(6)9-2)70-95-99(87,88)93-66-75(82)67-94-100(89,90)96-71-77(69-92-79(84)63-56-49-43-41-45-52-59-72(4)5)98-81(86)65-58-51-44-42-47-54-61-74(7)10-3/h72-77,82H,8-71H2,1-7H3,(H,87,88)(H,89,90)/t73?,74?,75-,76-,77-/m1/s1. The first kappa shape index (κ1) is 98.1. The maximum atomic E-state index is 13.1. The van der Waals surface area contributed by atoms with Crippen LogP contribution in [0.1, 0.15) is 421 Å². The summed E-state index contributed by atoms with van der Waals surface area (Å²) in [4.78, 5) is 72.9. The van der Waals surface area contributed by atoms with Crippen molar-refractivity contribution < 1.29 is 80.2 Å². The first-order valence-electron chi connectivity index (χ1n) is 41.9. The summed E-state index contributed by atoms with van der Waals surface area (Å²) in [6, 6.07) is 0. The maximum Gasteiger partial charge on any atom is 0.472 e. The molecule has 0 aliphatic heterocycles. The van der Waals surface area contributed by atoms with E-state index in [4.69, 9.17) is 37.0 Å². The number of carbonyl (C=O) groups excluding carboxylic acids is 4. The maximum absolute atomic E-state index is 13.1. The fourth-order valence-electron chi connectivity index (χ4n) is 12.4. The number of aliphatic hydroxyl groups is 1. The monoisotopic (exact) mass is 1470 g/mol. The number of carbonyl (C=O) groups is 4. The highest BCUT2D eigenvalue weighted by Gasteiger charge is 2.30. The van der Waals surface area contributed by atoms with E-state index in [9.17, 15) is 43.2 Å². The number of esters is 4. The van der Waals surface area contributed by atoms with E-state index in [0.717, 1.165) is 108 Å². The Morgan fingerprint density at radius 3 is 0.760 bits per heavy atom. The minimum absolute atomic E-state index is 0.102. The fourth-order valence-corrected chi connectivity index (χ4v) is 14.0. The first-order chi connectivity index (χ1) is 48.3. The molecule has 19 heteroatoms.